The van der Waals surface area contributed by atoms with E-state index in [4.69, 9.17) is 5.73 Å². The number of carbonyl (C=O) groups is 1. The van der Waals surface area contributed by atoms with Crippen LogP contribution in [0.1, 0.15) is 65.2 Å². The van der Waals surface area contributed by atoms with E-state index in [1.807, 2.05) is 0 Å². The van der Waals surface area contributed by atoms with Crippen molar-refractivity contribution >= 4 is 5.91 Å². The molecule has 0 spiro atoms. The normalized spacial score (nSPS) is 32.8. The summed E-state index contributed by atoms with van der Waals surface area (Å²) in [7, 11) is 0. The van der Waals surface area contributed by atoms with E-state index in [2.05, 4.69) is 18.7 Å². The quantitative estimate of drug-likeness (QED) is 0.803. The summed E-state index contributed by atoms with van der Waals surface area (Å²) in [5.74, 6) is 0.231. The van der Waals surface area contributed by atoms with Crippen LogP contribution in [-0.4, -0.2) is 28.4 Å². The van der Waals surface area contributed by atoms with Crippen LogP contribution in [0.4, 0.5) is 0 Å². The molecule has 3 nitrogen and oxygen atoms in total. The molecule has 2 N–H and O–H groups in total. The molecule has 1 saturated carbocycles. The van der Waals surface area contributed by atoms with Crippen molar-refractivity contribution in [3.8, 4) is 0 Å². The van der Waals surface area contributed by atoms with Gasteiger partial charge in [0.2, 0.25) is 5.91 Å². The van der Waals surface area contributed by atoms with Crippen molar-refractivity contribution in [2.24, 2.45) is 5.73 Å². The predicted molar refractivity (Wildman–Crippen MR) is 69.6 cm³/mol. The van der Waals surface area contributed by atoms with Gasteiger partial charge in [-0.2, -0.15) is 0 Å². The minimum absolute atomic E-state index is 0.231. The van der Waals surface area contributed by atoms with E-state index in [-0.39, 0.29) is 5.91 Å². The van der Waals surface area contributed by atoms with E-state index in [0.717, 1.165) is 44.9 Å². The number of nitrogens with zero attached hydrogens (tertiary/aromatic N) is 1. The van der Waals surface area contributed by atoms with Crippen LogP contribution >= 0.6 is 0 Å². The van der Waals surface area contributed by atoms with Gasteiger partial charge in [-0.05, 0) is 39.0 Å². The van der Waals surface area contributed by atoms with Gasteiger partial charge >= 0.3 is 0 Å². The second kappa shape index (κ2) is 4.97. The van der Waals surface area contributed by atoms with Crippen LogP contribution in [0.5, 0.6) is 0 Å². The molecule has 2 unspecified atom stereocenters. The lowest BCUT2D eigenvalue weighted by Crippen LogP contribution is -2.58. The fourth-order valence-electron chi connectivity index (χ4n) is 3.49. The molecule has 1 saturated heterocycles. The Morgan fingerprint density at radius 3 is 2.53 bits per heavy atom. The number of carbonyl (C=O) groups excluding carboxylic acids is 1. The maximum atomic E-state index is 12.7. The van der Waals surface area contributed by atoms with Crippen molar-refractivity contribution in [2.75, 3.05) is 0 Å². The predicted octanol–water partition coefficient (Wildman–Crippen LogP) is 2.44. The molecular formula is C14H26N2O. The van der Waals surface area contributed by atoms with Crippen LogP contribution in [-0.2, 0) is 4.79 Å². The Morgan fingerprint density at radius 1 is 1.29 bits per heavy atom. The first kappa shape index (κ1) is 12.9. The summed E-state index contributed by atoms with van der Waals surface area (Å²) in [5, 5.41) is 0. The van der Waals surface area contributed by atoms with Crippen LogP contribution in [0, 0.1) is 0 Å². The third-order valence-electron chi connectivity index (χ3n) is 4.66. The molecule has 17 heavy (non-hydrogen) atoms. The van der Waals surface area contributed by atoms with E-state index in [1.54, 1.807) is 0 Å². The summed E-state index contributed by atoms with van der Waals surface area (Å²) in [6.07, 6.45) is 8.57. The third-order valence-corrected chi connectivity index (χ3v) is 4.66. The van der Waals surface area contributed by atoms with Gasteiger partial charge in [-0.15, -0.1) is 0 Å². The molecule has 0 bridgehead atoms. The van der Waals surface area contributed by atoms with Crippen LogP contribution in [0.15, 0.2) is 0 Å². The van der Waals surface area contributed by atoms with Crippen molar-refractivity contribution in [3.05, 3.63) is 0 Å². The Hall–Kier alpha value is -0.570. The molecule has 0 aromatic heterocycles. The number of amides is 1. The van der Waals surface area contributed by atoms with Crippen molar-refractivity contribution in [1.82, 2.24) is 4.90 Å². The first-order valence-corrected chi connectivity index (χ1v) is 7.20. The smallest absolute Gasteiger partial charge is 0.243 e. The van der Waals surface area contributed by atoms with E-state index >= 15 is 0 Å². The maximum absolute atomic E-state index is 12.7. The summed E-state index contributed by atoms with van der Waals surface area (Å²) >= 11 is 0. The van der Waals surface area contributed by atoms with Gasteiger partial charge in [-0.3, -0.25) is 4.79 Å². The SMILES string of the molecule is CCC1CCC(C)N1C(=O)C1(N)CCCCC1. The molecule has 3 heteroatoms. The maximum Gasteiger partial charge on any atom is 0.243 e. The summed E-state index contributed by atoms with van der Waals surface area (Å²) in [6.45, 7) is 4.34. The number of likely N-dealkylation sites (tertiary alicyclic amines) is 1. The Kier molecular flexibility index (Phi) is 3.76. The average molecular weight is 238 g/mol. The van der Waals surface area contributed by atoms with E-state index in [9.17, 15) is 4.79 Å². The molecule has 1 aliphatic carbocycles. The Bertz CT molecular complexity index is 284. The summed E-state index contributed by atoms with van der Waals surface area (Å²) in [5.41, 5.74) is 5.82. The minimum atomic E-state index is -0.551. The van der Waals surface area contributed by atoms with Crippen molar-refractivity contribution in [1.29, 1.82) is 0 Å². The Balaban J connectivity index is 2.12. The fourth-order valence-corrected chi connectivity index (χ4v) is 3.49. The highest BCUT2D eigenvalue weighted by Crippen LogP contribution is 2.33. The number of nitrogens with two attached hydrogens (primary N) is 1. The van der Waals surface area contributed by atoms with Gasteiger partial charge in [0, 0.05) is 12.1 Å². The molecule has 1 amide bonds. The zero-order valence-electron chi connectivity index (χ0n) is 11.2. The van der Waals surface area contributed by atoms with Gasteiger partial charge in [0.25, 0.3) is 0 Å². The molecule has 2 fully saturated rings. The first-order chi connectivity index (χ1) is 8.08. The van der Waals surface area contributed by atoms with Crippen LogP contribution < -0.4 is 5.73 Å². The number of hydrogen-bond donors (Lipinski definition) is 1. The second-order valence-electron chi connectivity index (χ2n) is 5.92. The zero-order valence-corrected chi connectivity index (χ0v) is 11.2. The molecule has 0 aromatic carbocycles. The third kappa shape index (κ3) is 2.35. The Morgan fingerprint density at radius 2 is 1.94 bits per heavy atom. The monoisotopic (exact) mass is 238 g/mol. The van der Waals surface area contributed by atoms with Crippen LogP contribution in [0.3, 0.4) is 0 Å². The fraction of sp³-hybridized carbons (Fsp3) is 0.929. The van der Waals surface area contributed by atoms with Crippen molar-refractivity contribution in [2.45, 2.75) is 82.8 Å². The highest BCUT2D eigenvalue weighted by Gasteiger charge is 2.43. The van der Waals surface area contributed by atoms with Gasteiger partial charge in [0.05, 0.1) is 5.54 Å². The highest BCUT2D eigenvalue weighted by molar-refractivity contribution is 5.87. The largest absolute Gasteiger partial charge is 0.335 e. The first-order valence-electron chi connectivity index (χ1n) is 7.20. The summed E-state index contributed by atoms with van der Waals surface area (Å²) in [6, 6.07) is 0.814. The molecule has 1 heterocycles. The molecule has 2 rings (SSSR count). The molecule has 0 radical (unpaired) electrons. The number of hydrogen-bond acceptors (Lipinski definition) is 2. The molecule has 2 aliphatic rings. The van der Waals surface area contributed by atoms with Gasteiger partial charge in [0.15, 0.2) is 0 Å². The van der Waals surface area contributed by atoms with E-state index < -0.39 is 5.54 Å². The zero-order chi connectivity index (χ0) is 12.5. The van der Waals surface area contributed by atoms with Gasteiger partial charge in [-0.25, -0.2) is 0 Å². The second-order valence-corrected chi connectivity index (χ2v) is 5.92. The Labute approximate surface area is 105 Å². The average Bonchev–Trinajstić information content (AvgIpc) is 2.70. The standard InChI is InChI=1S/C14H26N2O/c1-3-12-8-7-11(2)16(12)13(17)14(15)9-5-4-6-10-14/h11-12H,3-10,15H2,1-2H3. The molecule has 1 aliphatic heterocycles. The van der Waals surface area contributed by atoms with E-state index in [1.165, 1.54) is 6.42 Å². The minimum Gasteiger partial charge on any atom is -0.335 e. The lowest BCUT2D eigenvalue weighted by atomic mass is 9.81. The highest BCUT2D eigenvalue weighted by atomic mass is 16.2. The summed E-state index contributed by atoms with van der Waals surface area (Å²) in [4.78, 5) is 14.8. The lowest BCUT2D eigenvalue weighted by molar-refractivity contribution is -0.141. The van der Waals surface area contributed by atoms with Crippen molar-refractivity contribution in [3.63, 3.8) is 0 Å². The van der Waals surface area contributed by atoms with E-state index in [0.29, 0.717) is 12.1 Å². The van der Waals surface area contributed by atoms with Gasteiger partial charge in [-0.1, -0.05) is 26.2 Å². The molecular weight excluding hydrogens is 212 g/mol. The van der Waals surface area contributed by atoms with Crippen LogP contribution in [0.2, 0.25) is 0 Å². The van der Waals surface area contributed by atoms with Gasteiger partial charge in [0.1, 0.15) is 0 Å². The lowest BCUT2D eigenvalue weighted by Gasteiger charge is -2.39. The topological polar surface area (TPSA) is 46.3 Å². The van der Waals surface area contributed by atoms with Gasteiger partial charge < -0.3 is 10.6 Å². The molecule has 98 valence electrons. The van der Waals surface area contributed by atoms with Crippen LogP contribution in [0.25, 0.3) is 0 Å². The van der Waals surface area contributed by atoms with Crippen molar-refractivity contribution < 1.29 is 4.79 Å². The number of rotatable bonds is 2. The molecule has 0 aromatic rings. The summed E-state index contributed by atoms with van der Waals surface area (Å²) < 4.78 is 0. The molecule has 2 atom stereocenters.